The fourth-order valence-electron chi connectivity index (χ4n) is 1.78. The predicted molar refractivity (Wildman–Crippen MR) is 86.6 cm³/mol. The van der Waals surface area contributed by atoms with Gasteiger partial charge in [-0.15, -0.1) is 0 Å². The zero-order valence-corrected chi connectivity index (χ0v) is 13.4. The lowest BCUT2D eigenvalue weighted by Gasteiger charge is -2.10. The molecule has 0 atom stereocenters. The van der Waals surface area contributed by atoms with Crippen LogP contribution in [0.5, 0.6) is 0 Å². The molecule has 0 aliphatic heterocycles. The van der Waals surface area contributed by atoms with E-state index in [9.17, 15) is 4.79 Å². The standard InChI is InChI=1S/C15H12Cl3NO2/c1-21-15(20)11-7-10(5-6-12(11)16)19-8-9-3-2-4-13(17)14(9)18/h2-7,19H,8H2,1H3. The van der Waals surface area contributed by atoms with Crippen molar-refractivity contribution in [1.29, 1.82) is 0 Å². The SMILES string of the molecule is COC(=O)c1cc(NCc2cccc(Cl)c2Cl)ccc1Cl. The van der Waals surface area contributed by atoms with Crippen LogP contribution in [-0.4, -0.2) is 13.1 Å². The minimum Gasteiger partial charge on any atom is -0.465 e. The summed E-state index contributed by atoms with van der Waals surface area (Å²) < 4.78 is 4.68. The van der Waals surface area contributed by atoms with E-state index < -0.39 is 5.97 Å². The normalized spacial score (nSPS) is 10.3. The maximum atomic E-state index is 11.6. The lowest BCUT2D eigenvalue weighted by molar-refractivity contribution is 0.0601. The first-order chi connectivity index (χ1) is 10.0. The van der Waals surface area contributed by atoms with Crippen LogP contribution in [0.25, 0.3) is 0 Å². The Labute approximate surface area is 137 Å². The average Bonchev–Trinajstić information content (AvgIpc) is 2.49. The van der Waals surface area contributed by atoms with Crippen LogP contribution in [0, 0.1) is 0 Å². The van der Waals surface area contributed by atoms with Crippen molar-refractivity contribution in [3.05, 3.63) is 62.6 Å². The number of ether oxygens (including phenoxy) is 1. The summed E-state index contributed by atoms with van der Waals surface area (Å²) >= 11 is 18.1. The summed E-state index contributed by atoms with van der Waals surface area (Å²) in [6.07, 6.45) is 0. The quantitative estimate of drug-likeness (QED) is 0.789. The number of nitrogens with one attached hydrogen (secondary N) is 1. The molecule has 2 aromatic rings. The highest BCUT2D eigenvalue weighted by molar-refractivity contribution is 6.42. The number of anilines is 1. The molecule has 0 heterocycles. The van der Waals surface area contributed by atoms with Gasteiger partial charge in [-0.3, -0.25) is 0 Å². The average molecular weight is 345 g/mol. The van der Waals surface area contributed by atoms with Crippen LogP contribution in [-0.2, 0) is 11.3 Å². The van der Waals surface area contributed by atoms with Crippen LogP contribution in [0.3, 0.4) is 0 Å². The second kappa shape index (κ2) is 7.03. The van der Waals surface area contributed by atoms with E-state index in [1.54, 1.807) is 24.3 Å². The summed E-state index contributed by atoms with van der Waals surface area (Å²) in [5, 5.41) is 4.52. The largest absolute Gasteiger partial charge is 0.465 e. The number of halogens is 3. The van der Waals surface area contributed by atoms with Crippen molar-refractivity contribution < 1.29 is 9.53 Å². The monoisotopic (exact) mass is 343 g/mol. The molecule has 0 saturated carbocycles. The minimum atomic E-state index is -0.482. The minimum absolute atomic E-state index is 0.307. The number of carbonyl (C=O) groups is 1. The van der Waals surface area contributed by atoms with Gasteiger partial charge in [0.15, 0.2) is 0 Å². The lowest BCUT2D eigenvalue weighted by atomic mass is 10.2. The van der Waals surface area contributed by atoms with Crippen molar-refractivity contribution in [2.24, 2.45) is 0 Å². The highest BCUT2D eigenvalue weighted by Crippen LogP contribution is 2.27. The molecule has 2 rings (SSSR count). The van der Waals surface area contributed by atoms with E-state index in [4.69, 9.17) is 34.8 Å². The van der Waals surface area contributed by atoms with E-state index >= 15 is 0 Å². The molecule has 1 N–H and O–H groups in total. The second-order valence-corrected chi connectivity index (χ2v) is 5.45. The Morgan fingerprint density at radius 2 is 1.90 bits per heavy atom. The topological polar surface area (TPSA) is 38.3 Å². The van der Waals surface area contributed by atoms with Crippen molar-refractivity contribution >= 4 is 46.5 Å². The van der Waals surface area contributed by atoms with Crippen LogP contribution < -0.4 is 5.32 Å². The van der Waals surface area contributed by atoms with Gasteiger partial charge in [-0.25, -0.2) is 4.79 Å². The molecule has 0 unspecified atom stereocenters. The van der Waals surface area contributed by atoms with Gasteiger partial charge in [0, 0.05) is 12.2 Å². The van der Waals surface area contributed by atoms with Crippen molar-refractivity contribution in [2.75, 3.05) is 12.4 Å². The zero-order valence-electron chi connectivity index (χ0n) is 11.1. The fourth-order valence-corrected chi connectivity index (χ4v) is 2.37. The third-order valence-corrected chi connectivity index (χ3v) is 4.07. The molecule has 0 radical (unpaired) electrons. The molecule has 110 valence electrons. The van der Waals surface area contributed by atoms with Gasteiger partial charge in [-0.2, -0.15) is 0 Å². The van der Waals surface area contributed by atoms with Gasteiger partial charge in [-0.05, 0) is 29.8 Å². The lowest BCUT2D eigenvalue weighted by Crippen LogP contribution is -2.05. The smallest absolute Gasteiger partial charge is 0.339 e. The van der Waals surface area contributed by atoms with Crippen molar-refractivity contribution in [2.45, 2.75) is 6.54 Å². The number of rotatable bonds is 4. The Morgan fingerprint density at radius 3 is 2.62 bits per heavy atom. The number of hydrogen-bond acceptors (Lipinski definition) is 3. The highest BCUT2D eigenvalue weighted by Gasteiger charge is 2.11. The molecular weight excluding hydrogens is 333 g/mol. The van der Waals surface area contributed by atoms with Gasteiger partial charge < -0.3 is 10.1 Å². The van der Waals surface area contributed by atoms with E-state index in [2.05, 4.69) is 10.1 Å². The molecule has 0 spiro atoms. The van der Waals surface area contributed by atoms with Gasteiger partial charge in [0.25, 0.3) is 0 Å². The predicted octanol–water partition coefficient (Wildman–Crippen LogP) is 5.05. The number of carbonyl (C=O) groups excluding carboxylic acids is 1. The van der Waals surface area contributed by atoms with Gasteiger partial charge in [-0.1, -0.05) is 46.9 Å². The summed E-state index contributed by atoms with van der Waals surface area (Å²) in [5.74, 6) is -0.482. The van der Waals surface area contributed by atoms with Crippen molar-refractivity contribution in [3.63, 3.8) is 0 Å². The van der Waals surface area contributed by atoms with Crippen LogP contribution in [0.1, 0.15) is 15.9 Å². The molecular formula is C15H12Cl3NO2. The molecule has 2 aromatic carbocycles. The molecule has 0 aromatic heterocycles. The first-order valence-electron chi connectivity index (χ1n) is 6.07. The highest BCUT2D eigenvalue weighted by atomic mass is 35.5. The Balaban J connectivity index is 2.17. The van der Waals surface area contributed by atoms with E-state index in [0.717, 1.165) is 11.3 Å². The first kappa shape index (κ1) is 16.0. The molecule has 0 saturated heterocycles. The van der Waals surface area contributed by atoms with Gasteiger partial charge in [0.2, 0.25) is 0 Å². The summed E-state index contributed by atoms with van der Waals surface area (Å²) in [4.78, 5) is 11.6. The number of methoxy groups -OCH3 is 1. The van der Waals surface area contributed by atoms with Crippen molar-refractivity contribution in [3.8, 4) is 0 Å². The number of hydrogen-bond donors (Lipinski definition) is 1. The molecule has 3 nitrogen and oxygen atoms in total. The molecule has 0 aliphatic carbocycles. The third kappa shape index (κ3) is 3.82. The first-order valence-corrected chi connectivity index (χ1v) is 7.21. The van der Waals surface area contributed by atoms with E-state index in [1.807, 2.05) is 12.1 Å². The van der Waals surface area contributed by atoms with Gasteiger partial charge in [0.05, 0.1) is 27.7 Å². The molecule has 0 bridgehead atoms. The van der Waals surface area contributed by atoms with E-state index in [-0.39, 0.29) is 0 Å². The number of benzene rings is 2. The summed E-state index contributed by atoms with van der Waals surface area (Å²) in [6.45, 7) is 0.474. The fraction of sp³-hybridized carbons (Fsp3) is 0.133. The second-order valence-electron chi connectivity index (χ2n) is 4.25. The van der Waals surface area contributed by atoms with Crippen LogP contribution >= 0.6 is 34.8 Å². The van der Waals surface area contributed by atoms with Crippen molar-refractivity contribution in [1.82, 2.24) is 0 Å². The summed E-state index contributed by atoms with van der Waals surface area (Å²) in [6, 6.07) is 10.5. The summed E-state index contributed by atoms with van der Waals surface area (Å²) in [7, 11) is 1.31. The van der Waals surface area contributed by atoms with Crippen LogP contribution in [0.15, 0.2) is 36.4 Å². The van der Waals surface area contributed by atoms with Gasteiger partial charge >= 0.3 is 5.97 Å². The molecule has 0 amide bonds. The van der Waals surface area contributed by atoms with E-state index in [1.165, 1.54) is 7.11 Å². The Hall–Kier alpha value is -1.42. The van der Waals surface area contributed by atoms with E-state index in [0.29, 0.717) is 27.2 Å². The Morgan fingerprint density at radius 1 is 1.14 bits per heavy atom. The van der Waals surface area contributed by atoms with Gasteiger partial charge in [0.1, 0.15) is 0 Å². The zero-order chi connectivity index (χ0) is 15.4. The molecule has 0 aliphatic rings. The Bertz CT molecular complexity index is 674. The number of esters is 1. The molecule has 21 heavy (non-hydrogen) atoms. The maximum absolute atomic E-state index is 11.6. The Kier molecular flexibility index (Phi) is 5.34. The third-order valence-electron chi connectivity index (χ3n) is 2.89. The molecule has 6 heteroatoms. The molecule has 0 fully saturated rings. The van der Waals surface area contributed by atoms with Crippen LogP contribution in [0.2, 0.25) is 15.1 Å². The summed E-state index contributed by atoms with van der Waals surface area (Å²) in [5.41, 5.74) is 1.90. The maximum Gasteiger partial charge on any atom is 0.339 e. The van der Waals surface area contributed by atoms with Crippen LogP contribution in [0.4, 0.5) is 5.69 Å².